The summed E-state index contributed by atoms with van der Waals surface area (Å²) in [5.41, 5.74) is 3.88. The van der Waals surface area contributed by atoms with E-state index in [0.29, 0.717) is 16.1 Å². The molecule has 0 radical (unpaired) electrons. The monoisotopic (exact) mass is 422 g/mol. The lowest BCUT2D eigenvalue weighted by atomic mass is 10.1. The summed E-state index contributed by atoms with van der Waals surface area (Å²) >= 11 is 2.62. The number of nitrogen functional groups attached to an aromatic ring is 1. The summed E-state index contributed by atoms with van der Waals surface area (Å²) in [5, 5.41) is 14.0. The number of carbonyl (C=O) groups is 1. The van der Waals surface area contributed by atoms with Crippen molar-refractivity contribution in [3.8, 4) is 22.6 Å². The molecule has 146 valence electrons. The number of aromatic nitrogens is 4. The van der Waals surface area contributed by atoms with Crippen LogP contribution in [-0.4, -0.2) is 31.5 Å². The van der Waals surface area contributed by atoms with E-state index in [0.717, 1.165) is 22.4 Å². The van der Waals surface area contributed by atoms with Crippen LogP contribution in [-0.2, 0) is 4.79 Å². The van der Waals surface area contributed by atoms with Crippen molar-refractivity contribution in [1.82, 2.24) is 19.9 Å². The van der Waals surface area contributed by atoms with E-state index in [2.05, 4.69) is 20.5 Å². The Hall–Kier alpha value is -3.17. The van der Waals surface area contributed by atoms with E-state index in [9.17, 15) is 4.79 Å². The van der Waals surface area contributed by atoms with Crippen LogP contribution in [0.2, 0.25) is 0 Å². The van der Waals surface area contributed by atoms with Gasteiger partial charge in [-0.15, -0.1) is 21.5 Å². The molecule has 0 saturated carbocycles. The van der Waals surface area contributed by atoms with Gasteiger partial charge in [-0.25, -0.2) is 9.66 Å². The molecule has 2 heterocycles. The number of rotatable bonds is 6. The first-order valence-electron chi connectivity index (χ1n) is 8.81. The van der Waals surface area contributed by atoms with E-state index < -0.39 is 0 Å². The summed E-state index contributed by atoms with van der Waals surface area (Å²) in [6.45, 7) is 2.02. The van der Waals surface area contributed by atoms with Crippen molar-refractivity contribution in [1.29, 1.82) is 0 Å². The maximum Gasteiger partial charge on any atom is 0.236 e. The number of hydrogen-bond donors (Lipinski definition) is 2. The highest BCUT2D eigenvalue weighted by atomic mass is 32.2. The first-order chi connectivity index (χ1) is 14.1. The Balaban J connectivity index is 1.37. The number of benzene rings is 2. The lowest BCUT2D eigenvalue weighted by Gasteiger charge is -2.04. The van der Waals surface area contributed by atoms with Crippen molar-refractivity contribution in [2.24, 2.45) is 0 Å². The molecule has 0 fully saturated rings. The Kier molecular flexibility index (Phi) is 5.59. The van der Waals surface area contributed by atoms with Gasteiger partial charge in [0, 0.05) is 16.5 Å². The van der Waals surface area contributed by atoms with E-state index in [-0.39, 0.29) is 11.7 Å². The van der Waals surface area contributed by atoms with Gasteiger partial charge in [0.05, 0.1) is 11.4 Å². The smallest absolute Gasteiger partial charge is 0.236 e. The molecule has 0 spiro atoms. The molecule has 2 aromatic heterocycles. The number of nitrogens with one attached hydrogen (secondary N) is 1. The fourth-order valence-corrected chi connectivity index (χ4v) is 4.03. The van der Waals surface area contributed by atoms with Crippen LogP contribution < -0.4 is 11.2 Å². The Morgan fingerprint density at radius 3 is 2.62 bits per heavy atom. The molecule has 4 aromatic rings. The van der Waals surface area contributed by atoms with Gasteiger partial charge in [-0.3, -0.25) is 4.79 Å². The molecule has 0 aliphatic heterocycles. The van der Waals surface area contributed by atoms with Crippen LogP contribution in [0.3, 0.4) is 0 Å². The zero-order valence-electron chi connectivity index (χ0n) is 15.6. The third kappa shape index (κ3) is 4.47. The maximum atomic E-state index is 12.3. The third-order valence-electron chi connectivity index (χ3n) is 4.13. The molecule has 1 amide bonds. The minimum atomic E-state index is -0.177. The Labute approximate surface area is 176 Å². The molecule has 7 nitrogen and oxygen atoms in total. The Morgan fingerprint density at radius 1 is 1.10 bits per heavy atom. The molecular formula is C20H18N6OS2. The number of amides is 1. The van der Waals surface area contributed by atoms with Gasteiger partial charge in [0.2, 0.25) is 11.1 Å². The van der Waals surface area contributed by atoms with Gasteiger partial charge in [-0.2, -0.15) is 0 Å². The van der Waals surface area contributed by atoms with Crippen molar-refractivity contribution >= 4 is 34.1 Å². The highest BCUT2D eigenvalue weighted by molar-refractivity contribution is 7.99. The molecule has 0 aliphatic rings. The Morgan fingerprint density at radius 2 is 1.86 bits per heavy atom. The molecule has 0 aliphatic carbocycles. The Bertz CT molecular complexity index is 1120. The number of thioether (sulfide) groups is 1. The van der Waals surface area contributed by atoms with Crippen molar-refractivity contribution in [3.63, 3.8) is 0 Å². The lowest BCUT2D eigenvalue weighted by Crippen LogP contribution is -2.16. The van der Waals surface area contributed by atoms with Crippen LogP contribution in [0.4, 0.5) is 5.13 Å². The number of nitrogens with two attached hydrogens (primary N) is 1. The van der Waals surface area contributed by atoms with Crippen LogP contribution in [0.25, 0.3) is 22.6 Å². The van der Waals surface area contributed by atoms with E-state index in [4.69, 9.17) is 5.84 Å². The van der Waals surface area contributed by atoms with Crippen LogP contribution in [0.15, 0.2) is 65.1 Å². The van der Waals surface area contributed by atoms with Gasteiger partial charge in [0.1, 0.15) is 0 Å². The van der Waals surface area contributed by atoms with Crippen molar-refractivity contribution in [2.45, 2.75) is 12.1 Å². The van der Waals surface area contributed by atoms with Crippen LogP contribution in [0.1, 0.15) is 5.56 Å². The van der Waals surface area contributed by atoms with E-state index in [1.54, 1.807) is 0 Å². The first kappa shape index (κ1) is 19.2. The van der Waals surface area contributed by atoms with Crippen molar-refractivity contribution < 1.29 is 4.79 Å². The second kappa shape index (κ2) is 8.46. The molecule has 9 heteroatoms. The number of hydrogen-bond acceptors (Lipinski definition) is 7. The van der Waals surface area contributed by atoms with Gasteiger partial charge in [-0.1, -0.05) is 71.9 Å². The summed E-state index contributed by atoms with van der Waals surface area (Å²) in [7, 11) is 0. The van der Waals surface area contributed by atoms with Gasteiger partial charge >= 0.3 is 0 Å². The zero-order chi connectivity index (χ0) is 20.2. The van der Waals surface area contributed by atoms with Gasteiger partial charge in [-0.05, 0) is 6.92 Å². The fraction of sp³-hybridized carbons (Fsp3) is 0.100. The number of nitrogens with zero attached hydrogens (tertiary/aromatic N) is 4. The molecule has 29 heavy (non-hydrogen) atoms. The van der Waals surface area contributed by atoms with Crippen LogP contribution in [0, 0.1) is 6.92 Å². The minimum absolute atomic E-state index is 0.156. The number of anilines is 1. The molecule has 4 rings (SSSR count). The van der Waals surface area contributed by atoms with Crippen LogP contribution >= 0.6 is 23.1 Å². The van der Waals surface area contributed by atoms with E-state index >= 15 is 0 Å². The summed E-state index contributed by atoms with van der Waals surface area (Å²) in [6.07, 6.45) is 0. The summed E-state index contributed by atoms with van der Waals surface area (Å²) in [5.74, 6) is 6.64. The zero-order valence-corrected chi connectivity index (χ0v) is 17.2. The highest BCUT2D eigenvalue weighted by Gasteiger charge is 2.14. The fourth-order valence-electron chi connectivity index (χ4n) is 2.63. The van der Waals surface area contributed by atoms with E-state index in [1.165, 1.54) is 27.8 Å². The SMILES string of the molecule is Cc1ccc(-c2nnc(SCC(=O)Nc3nc(-c4ccccc4)cs3)n2N)cc1. The summed E-state index contributed by atoms with van der Waals surface area (Å²) in [4.78, 5) is 16.8. The van der Waals surface area contributed by atoms with Gasteiger partial charge < -0.3 is 11.2 Å². The standard InChI is InChI=1S/C20H18N6OS2/c1-13-7-9-15(10-8-13)18-24-25-20(26(18)21)29-12-17(27)23-19-22-16(11-28-19)14-5-3-2-4-6-14/h2-11H,12,21H2,1H3,(H,22,23,27). The molecular weight excluding hydrogens is 404 g/mol. The summed E-state index contributed by atoms with van der Waals surface area (Å²) in [6, 6.07) is 17.7. The molecule has 0 bridgehead atoms. The number of thiazole rings is 1. The average Bonchev–Trinajstić information content (AvgIpc) is 3.35. The maximum absolute atomic E-state index is 12.3. The van der Waals surface area contributed by atoms with Gasteiger partial charge in [0.25, 0.3) is 0 Å². The van der Waals surface area contributed by atoms with Crippen LogP contribution in [0.5, 0.6) is 0 Å². The second-order valence-corrected chi connectivity index (χ2v) is 8.08. The van der Waals surface area contributed by atoms with E-state index in [1.807, 2.05) is 66.9 Å². The molecule has 3 N–H and O–H groups in total. The quantitative estimate of drug-likeness (QED) is 0.362. The van der Waals surface area contributed by atoms with Crippen molar-refractivity contribution in [2.75, 3.05) is 16.9 Å². The average molecular weight is 423 g/mol. The predicted molar refractivity (Wildman–Crippen MR) is 117 cm³/mol. The third-order valence-corrected chi connectivity index (χ3v) is 5.83. The van der Waals surface area contributed by atoms with Gasteiger partial charge in [0.15, 0.2) is 11.0 Å². The molecule has 0 atom stereocenters. The molecule has 0 unspecified atom stereocenters. The highest BCUT2D eigenvalue weighted by Crippen LogP contribution is 2.25. The second-order valence-electron chi connectivity index (χ2n) is 6.28. The first-order valence-corrected chi connectivity index (χ1v) is 10.7. The lowest BCUT2D eigenvalue weighted by molar-refractivity contribution is -0.113. The van der Waals surface area contributed by atoms with Crippen molar-refractivity contribution in [3.05, 3.63) is 65.5 Å². The largest absolute Gasteiger partial charge is 0.335 e. The topological polar surface area (TPSA) is 98.7 Å². The molecule has 0 saturated heterocycles. The predicted octanol–water partition coefficient (Wildman–Crippen LogP) is 3.82. The molecule has 2 aromatic carbocycles. The summed E-state index contributed by atoms with van der Waals surface area (Å²) < 4.78 is 1.40. The normalized spacial score (nSPS) is 10.8. The number of aryl methyl sites for hydroxylation is 1. The number of carbonyl (C=O) groups excluding carboxylic acids is 1. The minimum Gasteiger partial charge on any atom is -0.335 e.